The van der Waals surface area contributed by atoms with Crippen molar-refractivity contribution in [3.8, 4) is 17.2 Å². The summed E-state index contributed by atoms with van der Waals surface area (Å²) >= 11 is 0. The van der Waals surface area contributed by atoms with Gasteiger partial charge < -0.3 is 19.5 Å². The van der Waals surface area contributed by atoms with E-state index in [-0.39, 0.29) is 12.5 Å². The Morgan fingerprint density at radius 1 is 1.12 bits per heavy atom. The molecule has 0 spiro atoms. The molecule has 8 heteroatoms. The molecule has 5 nitrogen and oxygen atoms in total. The number of carbonyl (C=O) groups is 1. The van der Waals surface area contributed by atoms with Crippen LogP contribution in [0.5, 0.6) is 17.2 Å². The van der Waals surface area contributed by atoms with Crippen LogP contribution in [0, 0.1) is 0 Å². The average molecular weight is 351 g/mol. The number of nitrogens with one attached hydrogen (secondary N) is 1. The van der Waals surface area contributed by atoms with Gasteiger partial charge in [0.25, 0.3) is 0 Å². The molecule has 0 fully saturated rings. The summed E-state index contributed by atoms with van der Waals surface area (Å²) in [6.07, 6.45) is -1.98. The number of hydrogen-bond acceptors (Lipinski definition) is 4. The molecular weight excluding hydrogens is 339 g/mol. The van der Waals surface area contributed by atoms with E-state index in [0.29, 0.717) is 17.1 Å². The highest BCUT2D eigenvalue weighted by atomic mass is 19.4. The minimum absolute atomic E-state index is 0.152. The molecule has 1 amide bonds. The number of carbonyl (C=O) groups excluding carboxylic acids is 1. The molecule has 0 saturated heterocycles. The fraction of sp³-hybridized carbons (Fsp3) is 0.118. The fourth-order valence-electron chi connectivity index (χ4n) is 2.14. The van der Waals surface area contributed by atoms with E-state index in [1.165, 1.54) is 18.2 Å². The van der Waals surface area contributed by atoms with Crippen LogP contribution in [-0.2, 0) is 4.79 Å². The summed E-state index contributed by atoms with van der Waals surface area (Å²) in [5.74, 6) is 0.300. The largest absolute Gasteiger partial charge is 0.573 e. The first kappa shape index (κ1) is 16.7. The maximum atomic E-state index is 12.2. The van der Waals surface area contributed by atoms with Gasteiger partial charge in [0.15, 0.2) is 11.5 Å². The minimum atomic E-state index is -4.79. The Balaban J connectivity index is 1.63. The maximum Gasteiger partial charge on any atom is 0.573 e. The first-order valence-corrected chi connectivity index (χ1v) is 7.14. The summed E-state index contributed by atoms with van der Waals surface area (Å²) in [6.45, 7) is 0.152. The van der Waals surface area contributed by atoms with Gasteiger partial charge in [0.05, 0.1) is 0 Å². The van der Waals surface area contributed by atoms with Crippen LogP contribution < -0.4 is 19.5 Å². The molecule has 0 bridgehead atoms. The summed E-state index contributed by atoms with van der Waals surface area (Å²) in [7, 11) is 0. The number of rotatable bonds is 4. The Labute approximate surface area is 140 Å². The van der Waals surface area contributed by atoms with E-state index in [9.17, 15) is 18.0 Å². The van der Waals surface area contributed by atoms with Crippen LogP contribution in [0.2, 0.25) is 0 Å². The zero-order valence-corrected chi connectivity index (χ0v) is 12.7. The second kappa shape index (κ2) is 6.76. The first-order valence-electron chi connectivity index (χ1n) is 7.14. The molecule has 0 atom stereocenters. The van der Waals surface area contributed by atoms with Crippen molar-refractivity contribution in [2.75, 3.05) is 12.1 Å². The van der Waals surface area contributed by atoms with E-state index in [4.69, 9.17) is 9.47 Å². The van der Waals surface area contributed by atoms with Crippen molar-refractivity contribution in [2.45, 2.75) is 6.36 Å². The Morgan fingerprint density at radius 2 is 1.92 bits per heavy atom. The van der Waals surface area contributed by atoms with Gasteiger partial charge in [-0.3, -0.25) is 4.79 Å². The quantitative estimate of drug-likeness (QED) is 0.847. The van der Waals surface area contributed by atoms with Crippen molar-refractivity contribution in [1.29, 1.82) is 0 Å². The Bertz CT molecular complexity index is 818. The lowest BCUT2D eigenvalue weighted by molar-refractivity contribution is -0.274. The first-order chi connectivity index (χ1) is 11.9. The second-order valence-corrected chi connectivity index (χ2v) is 5.01. The molecule has 0 aromatic heterocycles. The molecule has 1 aliphatic heterocycles. The smallest absolute Gasteiger partial charge is 0.454 e. The number of anilines is 1. The van der Waals surface area contributed by atoms with Crippen molar-refractivity contribution in [1.82, 2.24) is 0 Å². The van der Waals surface area contributed by atoms with Crippen LogP contribution in [0.3, 0.4) is 0 Å². The van der Waals surface area contributed by atoms with E-state index in [0.717, 1.165) is 12.1 Å². The number of benzene rings is 2. The standard InChI is InChI=1S/C17H12F3NO4/c18-17(19,20)25-13-3-1-2-12(9-13)21-16(22)7-5-11-4-6-14-15(8-11)24-10-23-14/h1-9H,10H2,(H,21,22)/b7-5+. The number of ether oxygens (including phenoxy) is 3. The molecule has 3 rings (SSSR count). The van der Waals surface area contributed by atoms with Crippen LogP contribution in [0.25, 0.3) is 6.08 Å². The number of amides is 1. The van der Waals surface area contributed by atoms with Crippen LogP contribution in [0.1, 0.15) is 5.56 Å². The maximum absolute atomic E-state index is 12.2. The molecule has 25 heavy (non-hydrogen) atoms. The van der Waals surface area contributed by atoms with Gasteiger partial charge in [-0.15, -0.1) is 13.2 Å². The topological polar surface area (TPSA) is 56.8 Å². The molecule has 1 aliphatic rings. The van der Waals surface area contributed by atoms with E-state index in [1.54, 1.807) is 24.3 Å². The Hall–Kier alpha value is -3.16. The molecule has 0 unspecified atom stereocenters. The lowest BCUT2D eigenvalue weighted by Gasteiger charge is -2.10. The number of alkyl halides is 3. The Morgan fingerprint density at radius 3 is 2.72 bits per heavy atom. The molecule has 0 saturated carbocycles. The molecule has 0 aliphatic carbocycles. The van der Waals surface area contributed by atoms with Gasteiger partial charge in [0.1, 0.15) is 5.75 Å². The van der Waals surface area contributed by atoms with Gasteiger partial charge in [-0.2, -0.15) is 0 Å². The minimum Gasteiger partial charge on any atom is -0.454 e. The van der Waals surface area contributed by atoms with E-state index in [2.05, 4.69) is 10.1 Å². The number of fused-ring (bicyclic) bond motifs is 1. The number of hydrogen-bond donors (Lipinski definition) is 1. The van der Waals surface area contributed by atoms with Crippen LogP contribution in [0.15, 0.2) is 48.5 Å². The average Bonchev–Trinajstić information content (AvgIpc) is 2.99. The third kappa shape index (κ3) is 4.66. The zero-order valence-electron chi connectivity index (χ0n) is 12.7. The van der Waals surface area contributed by atoms with Crippen LogP contribution in [-0.4, -0.2) is 19.1 Å². The van der Waals surface area contributed by atoms with Crippen LogP contribution >= 0.6 is 0 Å². The lowest BCUT2D eigenvalue weighted by atomic mass is 10.2. The summed E-state index contributed by atoms with van der Waals surface area (Å²) < 4.78 is 50.8. The van der Waals surface area contributed by atoms with Crippen molar-refractivity contribution in [3.63, 3.8) is 0 Å². The molecular formula is C17H12F3NO4. The highest BCUT2D eigenvalue weighted by Crippen LogP contribution is 2.32. The van der Waals surface area contributed by atoms with E-state index in [1.807, 2.05) is 0 Å². The van der Waals surface area contributed by atoms with Gasteiger partial charge in [-0.25, -0.2) is 0 Å². The second-order valence-electron chi connectivity index (χ2n) is 5.01. The van der Waals surface area contributed by atoms with Crippen molar-refractivity contribution >= 4 is 17.7 Å². The third-order valence-corrected chi connectivity index (χ3v) is 3.16. The summed E-state index contributed by atoms with van der Waals surface area (Å²) in [5.41, 5.74) is 0.899. The molecule has 0 radical (unpaired) electrons. The monoisotopic (exact) mass is 351 g/mol. The van der Waals surface area contributed by atoms with Gasteiger partial charge >= 0.3 is 6.36 Å². The molecule has 1 heterocycles. The van der Waals surface area contributed by atoms with Gasteiger partial charge in [0, 0.05) is 17.8 Å². The highest BCUT2D eigenvalue weighted by Gasteiger charge is 2.31. The predicted octanol–water partition coefficient (Wildman–Crippen LogP) is 3.97. The summed E-state index contributed by atoms with van der Waals surface area (Å²) in [5, 5.41) is 2.46. The van der Waals surface area contributed by atoms with Crippen molar-refractivity contribution in [3.05, 3.63) is 54.1 Å². The molecule has 2 aromatic carbocycles. The normalized spacial score (nSPS) is 13.1. The van der Waals surface area contributed by atoms with E-state index >= 15 is 0 Å². The highest BCUT2D eigenvalue weighted by molar-refractivity contribution is 6.02. The van der Waals surface area contributed by atoms with Crippen molar-refractivity contribution < 1.29 is 32.2 Å². The third-order valence-electron chi connectivity index (χ3n) is 3.16. The molecule has 2 aromatic rings. The van der Waals surface area contributed by atoms with E-state index < -0.39 is 18.0 Å². The van der Waals surface area contributed by atoms with Gasteiger partial charge in [0.2, 0.25) is 12.7 Å². The predicted molar refractivity (Wildman–Crippen MR) is 83.4 cm³/mol. The molecule has 1 N–H and O–H groups in total. The summed E-state index contributed by atoms with van der Waals surface area (Å²) in [6, 6.07) is 10.2. The number of halogens is 3. The molecule has 130 valence electrons. The Kier molecular flexibility index (Phi) is 4.51. The lowest BCUT2D eigenvalue weighted by Crippen LogP contribution is -2.17. The zero-order chi connectivity index (χ0) is 17.9. The SMILES string of the molecule is O=C(/C=C/c1ccc2c(c1)OCO2)Nc1cccc(OC(F)(F)F)c1. The van der Waals surface area contributed by atoms with Crippen molar-refractivity contribution in [2.24, 2.45) is 0 Å². The van der Waals surface area contributed by atoms with Gasteiger partial charge in [-0.1, -0.05) is 12.1 Å². The van der Waals surface area contributed by atoms with Crippen LogP contribution in [0.4, 0.5) is 18.9 Å². The van der Waals surface area contributed by atoms with Gasteiger partial charge in [-0.05, 0) is 35.9 Å². The fourth-order valence-corrected chi connectivity index (χ4v) is 2.14. The summed E-state index contributed by atoms with van der Waals surface area (Å²) in [4.78, 5) is 11.9.